The second-order valence-electron chi connectivity index (χ2n) is 11.6. The minimum Gasteiger partial charge on any atom is -0.506 e. The number of anilines is 1. The van der Waals surface area contributed by atoms with Crippen LogP contribution in [0.5, 0.6) is 11.5 Å². The first kappa shape index (κ1) is 30.8. The van der Waals surface area contributed by atoms with Gasteiger partial charge in [-0.3, -0.25) is 19.1 Å². The predicted octanol–water partition coefficient (Wildman–Crippen LogP) is 6.15. The third-order valence-corrected chi connectivity index (χ3v) is 8.91. The van der Waals surface area contributed by atoms with Crippen molar-refractivity contribution in [2.75, 3.05) is 24.6 Å². The van der Waals surface area contributed by atoms with Crippen LogP contribution in [0.1, 0.15) is 37.9 Å². The fraction of sp³-hybridized carbons (Fsp3) is 0.312. The van der Waals surface area contributed by atoms with E-state index in [-0.39, 0.29) is 58.9 Å². The number of aromatic nitrogens is 3. The van der Waals surface area contributed by atoms with E-state index < -0.39 is 39.2 Å². The first-order valence-corrected chi connectivity index (χ1v) is 15.1. The summed E-state index contributed by atoms with van der Waals surface area (Å²) in [5.74, 6) is -3.26. The molecule has 0 saturated carbocycles. The highest BCUT2D eigenvalue weighted by Crippen LogP contribution is 2.45. The minimum atomic E-state index is -1.13. The molecule has 0 spiro atoms. The molecule has 13 heteroatoms. The van der Waals surface area contributed by atoms with E-state index in [0.29, 0.717) is 29.2 Å². The summed E-state index contributed by atoms with van der Waals surface area (Å²) < 4.78 is 39.0. The number of aryl methyl sites for hydroxylation is 1. The van der Waals surface area contributed by atoms with Crippen LogP contribution in [0, 0.1) is 18.6 Å². The van der Waals surface area contributed by atoms with Crippen LogP contribution < -0.4 is 15.2 Å². The number of carbonyl (C=O) groups is 1. The first-order valence-electron chi connectivity index (χ1n) is 14.3. The van der Waals surface area contributed by atoms with Crippen LogP contribution in [-0.4, -0.2) is 62.2 Å². The highest BCUT2D eigenvalue weighted by atomic mass is 35.5. The van der Waals surface area contributed by atoms with Gasteiger partial charge >= 0.3 is 5.56 Å². The maximum atomic E-state index is 16.2. The molecule has 1 amide bonds. The van der Waals surface area contributed by atoms with Crippen molar-refractivity contribution in [1.29, 1.82) is 0 Å². The Labute approximate surface area is 267 Å². The normalized spacial score (nSPS) is 17.7. The zero-order chi connectivity index (χ0) is 32.5. The van der Waals surface area contributed by atoms with Gasteiger partial charge in [0.05, 0.1) is 38.7 Å². The van der Waals surface area contributed by atoms with Crippen molar-refractivity contribution in [3.8, 4) is 28.4 Å². The average molecular weight is 657 g/mol. The van der Waals surface area contributed by atoms with Gasteiger partial charge in [0, 0.05) is 30.7 Å². The molecule has 45 heavy (non-hydrogen) atoms. The van der Waals surface area contributed by atoms with Crippen molar-refractivity contribution >= 4 is 45.8 Å². The number of hydrogen-bond acceptors (Lipinski definition) is 7. The summed E-state index contributed by atoms with van der Waals surface area (Å²) in [6, 6.07) is 3.24. The summed E-state index contributed by atoms with van der Waals surface area (Å²) in [5.41, 5.74) is 0.146. The number of rotatable bonds is 4. The van der Waals surface area contributed by atoms with Gasteiger partial charge in [-0.1, -0.05) is 43.6 Å². The SMILES string of the molecule is C=CC(=O)N1CC2COc3c(c4cc(F)c(-c5c(O)c(Cl)cc(Cl)c5F)nc4n(-c4c(C)ccnc4C(C)C)c3=O)N2CC1C. The van der Waals surface area contributed by atoms with E-state index in [1.54, 1.807) is 17.2 Å². The largest absolute Gasteiger partial charge is 0.506 e. The fourth-order valence-electron chi connectivity index (χ4n) is 6.19. The Hall–Kier alpha value is -4.22. The maximum Gasteiger partial charge on any atom is 0.301 e. The summed E-state index contributed by atoms with van der Waals surface area (Å²) in [7, 11) is 0. The molecule has 1 N–H and O–H groups in total. The van der Waals surface area contributed by atoms with Crippen LogP contribution in [-0.2, 0) is 4.79 Å². The van der Waals surface area contributed by atoms with E-state index in [1.807, 2.05) is 32.6 Å². The molecular weight excluding hydrogens is 627 g/mol. The lowest BCUT2D eigenvalue weighted by molar-refractivity contribution is -0.129. The lowest BCUT2D eigenvalue weighted by Gasteiger charge is -2.48. The Morgan fingerprint density at radius 3 is 2.62 bits per heavy atom. The Bertz CT molecular complexity index is 1960. The Balaban J connectivity index is 1.72. The molecule has 6 rings (SSSR count). The highest BCUT2D eigenvalue weighted by Gasteiger charge is 2.41. The molecular formula is C32H29Cl2F2N5O4. The topological polar surface area (TPSA) is 101 Å². The van der Waals surface area contributed by atoms with Gasteiger partial charge in [-0.15, -0.1) is 0 Å². The predicted molar refractivity (Wildman–Crippen MR) is 169 cm³/mol. The number of nitrogens with zero attached hydrogens (tertiary/aromatic N) is 5. The van der Waals surface area contributed by atoms with Gasteiger partial charge in [-0.05, 0) is 49.6 Å². The van der Waals surface area contributed by atoms with Crippen LogP contribution in [0.4, 0.5) is 14.5 Å². The summed E-state index contributed by atoms with van der Waals surface area (Å²) in [6.07, 6.45) is 2.88. The number of piperazine rings is 1. The summed E-state index contributed by atoms with van der Waals surface area (Å²) >= 11 is 12.1. The number of ether oxygens (including phenoxy) is 1. The Morgan fingerprint density at radius 1 is 1.20 bits per heavy atom. The second-order valence-corrected chi connectivity index (χ2v) is 12.4. The number of amides is 1. The van der Waals surface area contributed by atoms with Gasteiger partial charge in [0.2, 0.25) is 11.7 Å². The summed E-state index contributed by atoms with van der Waals surface area (Å²) in [5, 5.41) is 10.2. The lowest BCUT2D eigenvalue weighted by Crippen LogP contribution is -2.62. The van der Waals surface area contributed by atoms with Crippen molar-refractivity contribution in [3.63, 3.8) is 0 Å². The number of aromatic hydroxyl groups is 1. The molecule has 234 valence electrons. The third kappa shape index (κ3) is 4.80. The van der Waals surface area contributed by atoms with E-state index in [0.717, 1.165) is 12.1 Å². The molecule has 1 aromatic carbocycles. The highest BCUT2D eigenvalue weighted by molar-refractivity contribution is 6.36. The number of benzene rings is 1. The quantitative estimate of drug-likeness (QED) is 0.208. The molecule has 1 saturated heterocycles. The number of halogens is 4. The molecule has 1 fully saturated rings. The molecule has 0 aliphatic carbocycles. The number of fused-ring (bicyclic) bond motifs is 5. The van der Waals surface area contributed by atoms with Crippen LogP contribution in [0.2, 0.25) is 10.0 Å². The van der Waals surface area contributed by atoms with Crippen molar-refractivity contribution < 1.29 is 23.4 Å². The van der Waals surface area contributed by atoms with Crippen LogP contribution in [0.25, 0.3) is 28.0 Å². The zero-order valence-electron chi connectivity index (χ0n) is 24.9. The number of phenols is 1. The molecule has 5 heterocycles. The van der Waals surface area contributed by atoms with Crippen LogP contribution in [0.3, 0.4) is 0 Å². The lowest BCUT2D eigenvalue weighted by atomic mass is 10.0. The number of carbonyl (C=O) groups excluding carboxylic acids is 1. The van der Waals surface area contributed by atoms with Crippen molar-refractivity contribution in [2.45, 2.75) is 45.7 Å². The van der Waals surface area contributed by atoms with Crippen molar-refractivity contribution in [2.24, 2.45) is 0 Å². The van der Waals surface area contributed by atoms with Crippen LogP contribution in [0.15, 0.2) is 41.8 Å². The molecule has 2 aliphatic rings. The number of hydrogen-bond donors (Lipinski definition) is 1. The summed E-state index contributed by atoms with van der Waals surface area (Å²) in [6.45, 7) is 11.8. The average Bonchev–Trinajstić information content (AvgIpc) is 3.00. The van der Waals surface area contributed by atoms with Crippen molar-refractivity contribution in [1.82, 2.24) is 19.4 Å². The van der Waals surface area contributed by atoms with E-state index in [1.165, 1.54) is 10.6 Å². The zero-order valence-corrected chi connectivity index (χ0v) is 26.4. The van der Waals surface area contributed by atoms with E-state index >= 15 is 8.78 Å². The van der Waals surface area contributed by atoms with Gasteiger partial charge in [0.15, 0.2) is 17.3 Å². The number of phenolic OH excluding ortho intramolecular Hbond substituents is 1. The van der Waals surface area contributed by atoms with E-state index in [9.17, 15) is 14.7 Å². The Morgan fingerprint density at radius 2 is 1.93 bits per heavy atom. The molecule has 2 atom stereocenters. The third-order valence-electron chi connectivity index (χ3n) is 8.35. The van der Waals surface area contributed by atoms with Gasteiger partial charge in [-0.25, -0.2) is 13.8 Å². The molecule has 0 radical (unpaired) electrons. The van der Waals surface area contributed by atoms with E-state index in [4.69, 9.17) is 27.9 Å². The minimum absolute atomic E-state index is 0.0128. The first-order chi connectivity index (χ1) is 21.3. The van der Waals surface area contributed by atoms with Gasteiger partial charge in [0.25, 0.3) is 0 Å². The molecule has 9 nitrogen and oxygen atoms in total. The molecule has 3 aromatic heterocycles. The van der Waals surface area contributed by atoms with Crippen molar-refractivity contribution in [3.05, 3.63) is 80.3 Å². The molecule has 2 aliphatic heterocycles. The molecule has 0 bridgehead atoms. The van der Waals surface area contributed by atoms with Gasteiger partial charge in [-0.2, -0.15) is 0 Å². The summed E-state index contributed by atoms with van der Waals surface area (Å²) in [4.78, 5) is 39.7. The molecule has 4 aromatic rings. The standard InChI is InChI=1S/C32H29Cl2F2N5O4/c1-6-22(42)39-12-17-13-45-30-28(40(17)11-16(39)5)18-9-21(35)26(23-24(36)19(33)10-20(34)29(23)43)38-31(18)41(32(30)44)27-15(4)7-8-37-25(27)14(2)3/h6-10,14,16-17,43H,1,11-13H2,2-5H3. The second kappa shape index (κ2) is 11.3. The number of pyridine rings is 3. The fourth-order valence-corrected chi connectivity index (χ4v) is 6.65. The molecule has 2 unspecified atom stereocenters. The van der Waals surface area contributed by atoms with Gasteiger partial charge in [0.1, 0.15) is 18.1 Å². The van der Waals surface area contributed by atoms with Crippen LogP contribution >= 0.6 is 23.2 Å². The van der Waals surface area contributed by atoms with E-state index in [2.05, 4.69) is 16.5 Å². The van der Waals surface area contributed by atoms with Gasteiger partial charge < -0.3 is 19.6 Å². The monoisotopic (exact) mass is 655 g/mol. The Kier molecular flexibility index (Phi) is 7.73. The maximum absolute atomic E-state index is 16.2. The smallest absolute Gasteiger partial charge is 0.301 e.